The van der Waals surface area contributed by atoms with Gasteiger partial charge in [-0.1, -0.05) is 15.9 Å². The highest BCUT2D eigenvalue weighted by atomic mass is 79.9. The first-order chi connectivity index (χ1) is 9.81. The van der Waals surface area contributed by atoms with Crippen molar-refractivity contribution in [2.45, 2.75) is 17.7 Å². The Bertz CT molecular complexity index is 656. The molecule has 1 aromatic rings. The lowest BCUT2D eigenvalue weighted by Gasteiger charge is -2.15. The van der Waals surface area contributed by atoms with Gasteiger partial charge in [0.1, 0.15) is 4.90 Å². The van der Waals surface area contributed by atoms with Gasteiger partial charge in [-0.25, -0.2) is 17.6 Å². The molecule has 0 amide bonds. The Hall–Kier alpha value is -0.990. The van der Waals surface area contributed by atoms with Gasteiger partial charge in [0.15, 0.2) is 15.7 Å². The van der Waals surface area contributed by atoms with E-state index in [4.69, 9.17) is 5.11 Å². The number of halogens is 2. The van der Waals surface area contributed by atoms with Crippen LogP contribution in [0.5, 0.6) is 0 Å². The molecule has 0 radical (unpaired) electrons. The van der Waals surface area contributed by atoms with Crippen molar-refractivity contribution in [1.29, 1.82) is 0 Å². The molecule has 1 heterocycles. The maximum atomic E-state index is 14.1. The second-order valence-corrected chi connectivity index (χ2v) is 7.93. The molecule has 0 unspecified atom stereocenters. The van der Waals surface area contributed by atoms with E-state index >= 15 is 0 Å². The topological polar surface area (TPSA) is 74.7 Å². The summed E-state index contributed by atoms with van der Waals surface area (Å²) in [7, 11) is -3.87. The molecule has 0 atom stereocenters. The van der Waals surface area contributed by atoms with Crippen LogP contribution in [0.15, 0.2) is 21.5 Å². The third-order valence-electron chi connectivity index (χ3n) is 3.44. The molecule has 0 saturated carbocycles. The minimum atomic E-state index is -3.87. The zero-order valence-electron chi connectivity index (χ0n) is 11.2. The van der Waals surface area contributed by atoms with Gasteiger partial charge in [0, 0.05) is 11.0 Å². The predicted molar refractivity (Wildman–Crippen MR) is 78.8 cm³/mol. The molecular formula is C13H15BrFNO4S. The minimum absolute atomic E-state index is 0.223. The average molecular weight is 380 g/mol. The zero-order valence-corrected chi connectivity index (χ0v) is 13.6. The number of hydrogen-bond donors (Lipinski definition) is 1. The first-order valence-corrected chi connectivity index (χ1v) is 8.93. The summed E-state index contributed by atoms with van der Waals surface area (Å²) in [5, 5.41) is 8.92. The summed E-state index contributed by atoms with van der Waals surface area (Å²) >= 11 is 3.02. The molecule has 0 bridgehead atoms. The number of carboxylic acids is 1. The van der Waals surface area contributed by atoms with E-state index in [1.54, 1.807) is 0 Å². The second-order valence-electron chi connectivity index (χ2n) is 4.94. The Morgan fingerprint density at radius 1 is 1.33 bits per heavy atom. The van der Waals surface area contributed by atoms with Crippen molar-refractivity contribution >= 4 is 31.7 Å². The van der Waals surface area contributed by atoms with E-state index in [9.17, 15) is 17.6 Å². The number of likely N-dealkylation sites (tertiary alicyclic amines) is 1. The molecule has 5 nitrogen and oxygen atoms in total. The Morgan fingerprint density at radius 3 is 2.52 bits per heavy atom. The zero-order chi connectivity index (χ0) is 15.6. The standard InChI is InChI=1S/C13H15BrFNO4S/c14-9-7-10(13(17)18)12(15)11(8-9)21(19,20)6-5-16-3-1-2-4-16/h7-8H,1-6H2,(H,17,18). The Balaban J connectivity index is 2.28. The van der Waals surface area contributed by atoms with Crippen LogP contribution in [0.25, 0.3) is 0 Å². The maximum Gasteiger partial charge on any atom is 0.338 e. The van der Waals surface area contributed by atoms with Gasteiger partial charge in [-0.05, 0) is 38.1 Å². The summed E-state index contributed by atoms with van der Waals surface area (Å²) in [4.78, 5) is 12.4. The first-order valence-electron chi connectivity index (χ1n) is 6.49. The smallest absolute Gasteiger partial charge is 0.338 e. The van der Waals surface area contributed by atoms with Gasteiger partial charge >= 0.3 is 5.97 Å². The summed E-state index contributed by atoms with van der Waals surface area (Å²) in [5.74, 6) is -2.92. The molecule has 21 heavy (non-hydrogen) atoms. The molecule has 116 valence electrons. The number of nitrogens with zero attached hydrogens (tertiary/aromatic N) is 1. The number of benzene rings is 1. The summed E-state index contributed by atoms with van der Waals surface area (Å²) in [6.07, 6.45) is 2.07. The van der Waals surface area contributed by atoms with Crippen molar-refractivity contribution in [2.75, 3.05) is 25.4 Å². The number of carbonyl (C=O) groups is 1. The molecule has 1 N–H and O–H groups in total. The van der Waals surface area contributed by atoms with Crippen LogP contribution in [0.4, 0.5) is 4.39 Å². The summed E-state index contributed by atoms with van der Waals surface area (Å²) < 4.78 is 38.8. The minimum Gasteiger partial charge on any atom is -0.478 e. The number of hydrogen-bond acceptors (Lipinski definition) is 4. The van der Waals surface area contributed by atoms with Gasteiger partial charge in [-0.3, -0.25) is 0 Å². The molecular weight excluding hydrogens is 365 g/mol. The largest absolute Gasteiger partial charge is 0.478 e. The third kappa shape index (κ3) is 3.81. The highest BCUT2D eigenvalue weighted by molar-refractivity contribution is 9.10. The molecule has 1 aliphatic rings. The predicted octanol–water partition coefficient (Wildman–Crippen LogP) is 2.16. The van der Waals surface area contributed by atoms with Crippen molar-refractivity contribution in [3.05, 3.63) is 28.0 Å². The van der Waals surface area contributed by atoms with Crippen LogP contribution in [-0.2, 0) is 9.84 Å². The fraction of sp³-hybridized carbons (Fsp3) is 0.462. The fourth-order valence-electron chi connectivity index (χ4n) is 2.31. The van der Waals surface area contributed by atoms with E-state index in [0.29, 0.717) is 6.54 Å². The van der Waals surface area contributed by atoms with Crippen molar-refractivity contribution in [1.82, 2.24) is 4.90 Å². The second kappa shape index (κ2) is 6.41. The normalized spacial score (nSPS) is 16.3. The lowest BCUT2D eigenvalue weighted by molar-refractivity contribution is 0.0691. The average Bonchev–Trinajstić information content (AvgIpc) is 2.91. The highest BCUT2D eigenvalue weighted by Crippen LogP contribution is 2.25. The lowest BCUT2D eigenvalue weighted by atomic mass is 10.2. The van der Waals surface area contributed by atoms with Crippen LogP contribution >= 0.6 is 15.9 Å². The molecule has 1 fully saturated rings. The van der Waals surface area contributed by atoms with Gasteiger partial charge in [0.2, 0.25) is 0 Å². The number of aromatic carboxylic acids is 1. The van der Waals surface area contributed by atoms with Crippen molar-refractivity contribution in [2.24, 2.45) is 0 Å². The van der Waals surface area contributed by atoms with E-state index in [2.05, 4.69) is 15.9 Å². The summed E-state index contributed by atoms with van der Waals surface area (Å²) in [6, 6.07) is 2.16. The molecule has 0 aliphatic carbocycles. The Morgan fingerprint density at radius 2 is 1.95 bits per heavy atom. The summed E-state index contributed by atoms with van der Waals surface area (Å²) in [5.41, 5.74) is -0.649. The van der Waals surface area contributed by atoms with E-state index in [1.807, 2.05) is 4.90 Å². The van der Waals surface area contributed by atoms with Crippen LogP contribution in [0, 0.1) is 5.82 Å². The van der Waals surface area contributed by atoms with Crippen LogP contribution < -0.4 is 0 Å². The van der Waals surface area contributed by atoms with Crippen LogP contribution in [0.1, 0.15) is 23.2 Å². The Kier molecular flexibility index (Phi) is 5.00. The molecule has 1 saturated heterocycles. The van der Waals surface area contributed by atoms with Crippen molar-refractivity contribution < 1.29 is 22.7 Å². The molecule has 2 rings (SSSR count). The fourth-order valence-corrected chi connectivity index (χ4v) is 4.33. The Labute approximate surface area is 130 Å². The van der Waals surface area contributed by atoms with Gasteiger partial charge in [0.05, 0.1) is 11.3 Å². The molecule has 1 aromatic carbocycles. The monoisotopic (exact) mass is 379 g/mol. The lowest BCUT2D eigenvalue weighted by Crippen LogP contribution is -2.27. The SMILES string of the molecule is O=C(O)c1cc(Br)cc(S(=O)(=O)CCN2CCCC2)c1F. The molecule has 8 heteroatoms. The van der Waals surface area contributed by atoms with Crippen molar-refractivity contribution in [3.8, 4) is 0 Å². The van der Waals surface area contributed by atoms with Gasteiger partial charge in [-0.15, -0.1) is 0 Å². The van der Waals surface area contributed by atoms with Crippen LogP contribution in [0.2, 0.25) is 0 Å². The number of sulfone groups is 1. The van der Waals surface area contributed by atoms with E-state index < -0.39 is 32.1 Å². The van der Waals surface area contributed by atoms with Crippen molar-refractivity contribution in [3.63, 3.8) is 0 Å². The quantitative estimate of drug-likeness (QED) is 0.848. The van der Waals surface area contributed by atoms with E-state index in [0.717, 1.165) is 38.1 Å². The molecule has 0 spiro atoms. The number of carboxylic acid groups (broad SMARTS) is 1. The van der Waals surface area contributed by atoms with Gasteiger partial charge < -0.3 is 10.0 Å². The third-order valence-corrected chi connectivity index (χ3v) is 5.59. The van der Waals surface area contributed by atoms with Gasteiger partial charge in [0.25, 0.3) is 0 Å². The molecule has 0 aromatic heterocycles. The summed E-state index contributed by atoms with van der Waals surface area (Å²) in [6.45, 7) is 2.02. The van der Waals surface area contributed by atoms with Gasteiger partial charge in [-0.2, -0.15) is 0 Å². The molecule has 1 aliphatic heterocycles. The van der Waals surface area contributed by atoms with E-state index in [1.165, 1.54) is 0 Å². The first kappa shape index (κ1) is 16.4. The maximum absolute atomic E-state index is 14.1. The number of rotatable bonds is 5. The van der Waals surface area contributed by atoms with E-state index in [-0.39, 0.29) is 10.2 Å². The highest BCUT2D eigenvalue weighted by Gasteiger charge is 2.26. The van der Waals surface area contributed by atoms with Crippen LogP contribution in [0.3, 0.4) is 0 Å². The van der Waals surface area contributed by atoms with Crippen LogP contribution in [-0.4, -0.2) is 49.8 Å².